The van der Waals surface area contributed by atoms with Gasteiger partial charge in [0.25, 0.3) is 0 Å². The molecule has 2 aromatic rings. The van der Waals surface area contributed by atoms with E-state index < -0.39 is 0 Å². The van der Waals surface area contributed by atoms with Crippen LogP contribution in [0.4, 0.5) is 4.39 Å². The Labute approximate surface area is 131 Å². The highest BCUT2D eigenvalue weighted by atomic mass is 32.1. The summed E-state index contributed by atoms with van der Waals surface area (Å²) < 4.78 is 19.3. The molecule has 0 atom stereocenters. The second kappa shape index (κ2) is 7.33. The number of hydrogen-bond acceptors (Lipinski definition) is 4. The number of halogens is 1. The van der Waals surface area contributed by atoms with Gasteiger partial charge < -0.3 is 10.1 Å². The molecule has 1 amide bonds. The van der Waals surface area contributed by atoms with Crippen LogP contribution in [0.5, 0.6) is 0 Å². The van der Waals surface area contributed by atoms with E-state index >= 15 is 0 Å². The first-order valence-corrected chi connectivity index (χ1v) is 7.56. The molecule has 1 N–H and O–H groups in total. The number of methoxy groups -OCH3 is 1. The Bertz CT molecular complexity index is 707. The van der Waals surface area contributed by atoms with E-state index in [1.54, 1.807) is 19.2 Å². The second-order valence-electron chi connectivity index (χ2n) is 4.71. The van der Waals surface area contributed by atoms with Gasteiger partial charge in [-0.1, -0.05) is 11.3 Å². The fourth-order valence-corrected chi connectivity index (χ4v) is 2.97. The molecule has 0 bridgehead atoms. The first-order valence-electron chi connectivity index (χ1n) is 6.74. The molecule has 0 aliphatic rings. The number of aromatic nitrogens is 1. The van der Waals surface area contributed by atoms with E-state index in [0.717, 1.165) is 16.2 Å². The van der Waals surface area contributed by atoms with Crippen LogP contribution in [0.25, 0.3) is 11.3 Å². The minimum absolute atomic E-state index is 0.0698. The number of hydrogen-bond donors (Lipinski definition) is 1. The summed E-state index contributed by atoms with van der Waals surface area (Å²) in [7, 11) is 1.55. The molecule has 1 aromatic heterocycles. The fraction of sp³-hybridized carbons (Fsp3) is 0.333. The van der Waals surface area contributed by atoms with Crippen LogP contribution in [-0.4, -0.2) is 30.7 Å². The summed E-state index contributed by atoms with van der Waals surface area (Å²) in [4.78, 5) is 24.6. The largest absolute Gasteiger partial charge is 0.383 e. The Kier molecular flexibility index (Phi) is 5.46. The van der Waals surface area contributed by atoms with Crippen molar-refractivity contribution >= 4 is 17.2 Å². The van der Waals surface area contributed by atoms with Crippen LogP contribution < -0.4 is 10.2 Å². The summed E-state index contributed by atoms with van der Waals surface area (Å²) >= 11 is 1.07. The van der Waals surface area contributed by atoms with E-state index in [9.17, 15) is 14.0 Å². The van der Waals surface area contributed by atoms with Gasteiger partial charge >= 0.3 is 4.87 Å². The SMILES string of the molecule is COCCNC(=O)Cn1c(-c2ccc(F)cc2)c(C)sc1=O. The maximum absolute atomic E-state index is 13.0. The first-order chi connectivity index (χ1) is 10.5. The lowest BCUT2D eigenvalue weighted by Gasteiger charge is -2.09. The van der Waals surface area contributed by atoms with Crippen LogP contribution in [0.3, 0.4) is 0 Å². The summed E-state index contributed by atoms with van der Waals surface area (Å²) in [5.41, 5.74) is 1.36. The van der Waals surface area contributed by atoms with E-state index in [4.69, 9.17) is 4.74 Å². The van der Waals surface area contributed by atoms with Crippen molar-refractivity contribution in [2.24, 2.45) is 0 Å². The molecular formula is C15H17FN2O3S. The Balaban J connectivity index is 2.26. The standard InChI is InChI=1S/C15H17FN2O3S/c1-10-14(11-3-5-12(16)6-4-11)18(15(20)22-10)9-13(19)17-7-8-21-2/h3-6H,7-9H2,1-2H3,(H,17,19). The third-order valence-electron chi connectivity index (χ3n) is 3.11. The van der Waals surface area contributed by atoms with Crippen molar-refractivity contribution in [1.29, 1.82) is 0 Å². The number of rotatable bonds is 6. The zero-order chi connectivity index (χ0) is 16.1. The molecule has 0 saturated heterocycles. The minimum atomic E-state index is -0.345. The van der Waals surface area contributed by atoms with Crippen molar-refractivity contribution in [1.82, 2.24) is 9.88 Å². The molecule has 0 unspecified atom stereocenters. The van der Waals surface area contributed by atoms with Gasteiger partial charge in [0.05, 0.1) is 12.3 Å². The molecule has 0 fully saturated rings. The van der Waals surface area contributed by atoms with Crippen molar-refractivity contribution in [3.63, 3.8) is 0 Å². The molecule has 0 saturated carbocycles. The molecule has 0 spiro atoms. The summed E-state index contributed by atoms with van der Waals surface area (Å²) in [5, 5.41) is 2.68. The van der Waals surface area contributed by atoms with Gasteiger partial charge in [-0.2, -0.15) is 0 Å². The summed E-state index contributed by atoms with van der Waals surface area (Å²) in [6, 6.07) is 5.87. The zero-order valence-corrected chi connectivity index (χ0v) is 13.2. The van der Waals surface area contributed by atoms with E-state index in [0.29, 0.717) is 24.4 Å². The van der Waals surface area contributed by atoms with Gasteiger partial charge in [0, 0.05) is 18.5 Å². The van der Waals surface area contributed by atoms with Gasteiger partial charge in [-0.3, -0.25) is 14.2 Å². The van der Waals surface area contributed by atoms with Crippen molar-refractivity contribution in [2.45, 2.75) is 13.5 Å². The predicted molar refractivity (Wildman–Crippen MR) is 83.6 cm³/mol. The summed E-state index contributed by atoms with van der Waals surface area (Å²) in [5.74, 6) is -0.608. The molecule has 7 heteroatoms. The number of carbonyl (C=O) groups is 1. The molecule has 5 nitrogen and oxygen atoms in total. The maximum atomic E-state index is 13.0. The maximum Gasteiger partial charge on any atom is 0.308 e. The highest BCUT2D eigenvalue weighted by Gasteiger charge is 2.16. The molecule has 22 heavy (non-hydrogen) atoms. The Morgan fingerprint density at radius 1 is 1.36 bits per heavy atom. The first kappa shape index (κ1) is 16.4. The number of ether oxygens (including phenoxy) is 1. The van der Waals surface area contributed by atoms with Crippen LogP contribution in [0.15, 0.2) is 29.1 Å². The van der Waals surface area contributed by atoms with Crippen LogP contribution in [0.2, 0.25) is 0 Å². The Morgan fingerprint density at radius 3 is 2.68 bits per heavy atom. The quantitative estimate of drug-likeness (QED) is 0.824. The highest BCUT2D eigenvalue weighted by Crippen LogP contribution is 2.25. The van der Waals surface area contributed by atoms with E-state index in [2.05, 4.69) is 5.32 Å². The van der Waals surface area contributed by atoms with Gasteiger partial charge in [0.1, 0.15) is 12.4 Å². The average Bonchev–Trinajstić information content (AvgIpc) is 2.75. The van der Waals surface area contributed by atoms with E-state index in [1.807, 2.05) is 6.92 Å². The van der Waals surface area contributed by atoms with Crippen LogP contribution >= 0.6 is 11.3 Å². The monoisotopic (exact) mass is 324 g/mol. The zero-order valence-electron chi connectivity index (χ0n) is 12.4. The molecule has 2 rings (SSSR count). The minimum Gasteiger partial charge on any atom is -0.383 e. The number of amides is 1. The van der Waals surface area contributed by atoms with Crippen molar-refractivity contribution in [2.75, 3.05) is 20.3 Å². The smallest absolute Gasteiger partial charge is 0.308 e. The van der Waals surface area contributed by atoms with Gasteiger partial charge in [0.2, 0.25) is 5.91 Å². The van der Waals surface area contributed by atoms with Gasteiger partial charge in [-0.05, 0) is 36.8 Å². The van der Waals surface area contributed by atoms with E-state index in [-0.39, 0.29) is 23.1 Å². The van der Waals surface area contributed by atoms with Crippen LogP contribution in [0.1, 0.15) is 4.88 Å². The summed E-state index contributed by atoms with van der Waals surface area (Å²) in [6.07, 6.45) is 0. The van der Waals surface area contributed by atoms with Crippen molar-refractivity contribution < 1.29 is 13.9 Å². The normalized spacial score (nSPS) is 10.7. The number of thiazole rings is 1. The third kappa shape index (κ3) is 3.80. The van der Waals surface area contributed by atoms with Crippen LogP contribution in [-0.2, 0) is 16.1 Å². The third-order valence-corrected chi connectivity index (χ3v) is 4.01. The molecule has 0 radical (unpaired) electrons. The van der Waals surface area contributed by atoms with Gasteiger partial charge in [0.15, 0.2) is 0 Å². The number of carbonyl (C=O) groups excluding carboxylic acids is 1. The number of nitrogens with zero attached hydrogens (tertiary/aromatic N) is 1. The van der Waals surface area contributed by atoms with Gasteiger partial charge in [-0.15, -0.1) is 0 Å². The topological polar surface area (TPSA) is 60.3 Å². The Hall–Kier alpha value is -1.99. The highest BCUT2D eigenvalue weighted by molar-refractivity contribution is 7.09. The predicted octanol–water partition coefficient (Wildman–Crippen LogP) is 1.79. The molecule has 118 valence electrons. The molecule has 1 heterocycles. The van der Waals surface area contributed by atoms with Gasteiger partial charge in [-0.25, -0.2) is 4.39 Å². The van der Waals surface area contributed by atoms with Crippen molar-refractivity contribution in [3.8, 4) is 11.3 Å². The molecule has 0 aliphatic heterocycles. The van der Waals surface area contributed by atoms with Crippen LogP contribution in [0, 0.1) is 12.7 Å². The lowest BCUT2D eigenvalue weighted by molar-refractivity contribution is -0.121. The molecular weight excluding hydrogens is 307 g/mol. The number of aryl methyl sites for hydroxylation is 1. The molecule has 0 aliphatic carbocycles. The van der Waals surface area contributed by atoms with Crippen molar-refractivity contribution in [3.05, 3.63) is 44.6 Å². The Morgan fingerprint density at radius 2 is 2.05 bits per heavy atom. The fourth-order valence-electron chi connectivity index (χ4n) is 2.12. The number of nitrogens with one attached hydrogen (secondary N) is 1. The summed E-state index contributed by atoms with van der Waals surface area (Å²) in [6.45, 7) is 2.54. The lowest BCUT2D eigenvalue weighted by Crippen LogP contribution is -2.32. The molecule has 1 aromatic carbocycles. The lowest BCUT2D eigenvalue weighted by atomic mass is 10.1. The second-order valence-corrected chi connectivity index (χ2v) is 5.87. The number of benzene rings is 1. The van der Waals surface area contributed by atoms with E-state index in [1.165, 1.54) is 16.7 Å². The average molecular weight is 324 g/mol.